The maximum Gasteiger partial charge on any atom is 0.413 e. The van der Waals surface area contributed by atoms with E-state index >= 15 is 0 Å². The summed E-state index contributed by atoms with van der Waals surface area (Å²) in [5, 5.41) is 5.73. The summed E-state index contributed by atoms with van der Waals surface area (Å²) in [6.45, 7) is 5.97. The average Bonchev–Trinajstić information content (AvgIpc) is 2.49. The molecular weight excluding hydrogens is 309 g/mol. The summed E-state index contributed by atoms with van der Waals surface area (Å²) in [5.41, 5.74) is 0.903. The molecule has 0 unspecified atom stereocenters. The summed E-state index contributed by atoms with van der Waals surface area (Å²) < 4.78 is 18.7. The van der Waals surface area contributed by atoms with E-state index in [9.17, 15) is 9.18 Å². The van der Waals surface area contributed by atoms with E-state index in [1.54, 1.807) is 51.2 Å². The van der Waals surface area contributed by atoms with Crippen LogP contribution in [0.3, 0.4) is 0 Å². The van der Waals surface area contributed by atoms with Crippen LogP contribution in [0.25, 0.3) is 0 Å². The van der Waals surface area contributed by atoms with Crippen LogP contribution >= 0.6 is 0 Å². The zero-order valence-corrected chi connectivity index (χ0v) is 14.1. The molecule has 0 bridgehead atoms. The highest BCUT2D eigenvalue weighted by molar-refractivity contribution is 5.83. The van der Waals surface area contributed by atoms with E-state index in [0.717, 1.165) is 5.69 Å². The molecule has 0 aliphatic carbocycles. The number of nitrogens with one attached hydrogen (secondary N) is 2. The largest absolute Gasteiger partial charge is 0.444 e. The first-order valence-electron chi connectivity index (χ1n) is 7.77. The smallest absolute Gasteiger partial charge is 0.413 e. The monoisotopic (exact) mass is 331 g/mol. The van der Waals surface area contributed by atoms with Crippen molar-refractivity contribution in [2.75, 3.05) is 17.2 Å². The Morgan fingerprint density at radius 2 is 1.96 bits per heavy atom. The van der Waals surface area contributed by atoms with Crippen molar-refractivity contribution in [3.63, 3.8) is 0 Å². The van der Waals surface area contributed by atoms with E-state index < -0.39 is 11.7 Å². The topological polar surface area (TPSA) is 63.2 Å². The molecule has 0 fully saturated rings. The molecule has 2 rings (SSSR count). The Bertz CT molecular complexity index is 681. The van der Waals surface area contributed by atoms with Crippen LogP contribution in [0.5, 0.6) is 0 Å². The molecule has 0 saturated carbocycles. The molecule has 0 radical (unpaired) electrons. The minimum atomic E-state index is -0.557. The van der Waals surface area contributed by atoms with Crippen molar-refractivity contribution in [2.45, 2.75) is 32.8 Å². The molecule has 24 heavy (non-hydrogen) atoms. The molecule has 0 spiro atoms. The number of rotatable bonds is 5. The van der Waals surface area contributed by atoms with Crippen molar-refractivity contribution in [3.8, 4) is 0 Å². The Hall–Kier alpha value is -2.63. The molecule has 0 aliphatic rings. The lowest BCUT2D eigenvalue weighted by Gasteiger charge is -2.19. The predicted molar refractivity (Wildman–Crippen MR) is 92.7 cm³/mol. The number of nitrogens with zero attached hydrogens (tertiary/aromatic N) is 1. The number of hydrogen-bond acceptors (Lipinski definition) is 4. The van der Waals surface area contributed by atoms with Crippen LogP contribution < -0.4 is 10.6 Å². The number of carbonyl (C=O) groups excluding carboxylic acids is 1. The predicted octanol–water partition coefficient (Wildman–Crippen LogP) is 4.22. The third kappa shape index (κ3) is 5.87. The molecule has 1 aromatic heterocycles. The fraction of sp³-hybridized carbons (Fsp3) is 0.333. The molecule has 0 saturated heterocycles. The maximum absolute atomic E-state index is 13.5. The molecular formula is C18H22FN3O2. The highest BCUT2D eigenvalue weighted by Crippen LogP contribution is 2.13. The Morgan fingerprint density at radius 3 is 2.58 bits per heavy atom. The van der Waals surface area contributed by atoms with Gasteiger partial charge in [-0.2, -0.15) is 0 Å². The molecule has 5 nitrogen and oxygen atoms in total. The average molecular weight is 331 g/mol. The van der Waals surface area contributed by atoms with Gasteiger partial charge in [-0.25, -0.2) is 14.2 Å². The van der Waals surface area contributed by atoms with Crippen molar-refractivity contribution in [1.82, 2.24) is 4.98 Å². The van der Waals surface area contributed by atoms with Crippen molar-refractivity contribution < 1.29 is 13.9 Å². The first kappa shape index (κ1) is 17.7. The summed E-state index contributed by atoms with van der Waals surface area (Å²) >= 11 is 0. The highest BCUT2D eigenvalue weighted by Gasteiger charge is 2.16. The molecule has 0 aliphatic heterocycles. The molecule has 1 heterocycles. The molecule has 6 heteroatoms. The van der Waals surface area contributed by atoms with Crippen molar-refractivity contribution in [1.29, 1.82) is 0 Å². The van der Waals surface area contributed by atoms with Crippen LogP contribution in [0.2, 0.25) is 0 Å². The van der Waals surface area contributed by atoms with Gasteiger partial charge in [0.1, 0.15) is 17.2 Å². The Morgan fingerprint density at radius 1 is 1.21 bits per heavy atom. The van der Waals surface area contributed by atoms with Gasteiger partial charge in [-0.3, -0.25) is 5.32 Å². The van der Waals surface area contributed by atoms with Gasteiger partial charge in [0.05, 0.1) is 11.9 Å². The van der Waals surface area contributed by atoms with Gasteiger partial charge in [0.15, 0.2) is 0 Å². The number of pyridine rings is 1. The number of amides is 1. The third-order valence-electron chi connectivity index (χ3n) is 3.07. The summed E-state index contributed by atoms with van der Waals surface area (Å²) in [6.07, 6.45) is 1.63. The molecule has 0 atom stereocenters. The van der Waals surface area contributed by atoms with Crippen LogP contribution in [-0.4, -0.2) is 23.2 Å². The van der Waals surface area contributed by atoms with E-state index in [1.165, 1.54) is 6.07 Å². The van der Waals surface area contributed by atoms with Gasteiger partial charge in [0, 0.05) is 6.54 Å². The zero-order valence-electron chi connectivity index (χ0n) is 14.1. The molecule has 1 amide bonds. The third-order valence-corrected chi connectivity index (χ3v) is 3.07. The second-order valence-electron chi connectivity index (χ2n) is 6.33. The first-order chi connectivity index (χ1) is 11.3. The van der Waals surface area contributed by atoms with Crippen LogP contribution in [0.4, 0.5) is 20.7 Å². The van der Waals surface area contributed by atoms with Crippen molar-refractivity contribution >= 4 is 17.6 Å². The van der Waals surface area contributed by atoms with Crippen LogP contribution in [0.15, 0.2) is 42.6 Å². The molecule has 2 N–H and O–H groups in total. The minimum Gasteiger partial charge on any atom is -0.444 e. The Kier molecular flexibility index (Phi) is 5.73. The van der Waals surface area contributed by atoms with Gasteiger partial charge >= 0.3 is 6.09 Å². The van der Waals surface area contributed by atoms with Gasteiger partial charge in [-0.1, -0.05) is 18.2 Å². The van der Waals surface area contributed by atoms with Crippen LogP contribution in [-0.2, 0) is 11.2 Å². The number of carbonyl (C=O) groups is 1. The quantitative estimate of drug-likeness (QED) is 0.861. The van der Waals surface area contributed by atoms with E-state index in [1.807, 2.05) is 6.07 Å². The van der Waals surface area contributed by atoms with Gasteiger partial charge in [0.2, 0.25) is 0 Å². The molecule has 128 valence electrons. The van der Waals surface area contributed by atoms with Crippen molar-refractivity contribution in [3.05, 3.63) is 54.0 Å². The number of aromatic nitrogens is 1. The van der Waals surface area contributed by atoms with Gasteiger partial charge in [0.25, 0.3) is 0 Å². The van der Waals surface area contributed by atoms with Gasteiger partial charge in [-0.05, 0) is 51.0 Å². The van der Waals surface area contributed by atoms with E-state index in [-0.39, 0.29) is 5.82 Å². The highest BCUT2D eigenvalue weighted by atomic mass is 19.1. The number of anilines is 2. The van der Waals surface area contributed by atoms with Gasteiger partial charge < -0.3 is 10.1 Å². The zero-order chi connectivity index (χ0) is 17.6. The number of hydrogen-bond donors (Lipinski definition) is 2. The Labute approximate surface area is 141 Å². The minimum absolute atomic E-state index is 0.200. The second kappa shape index (κ2) is 7.77. The summed E-state index contributed by atoms with van der Waals surface area (Å²) in [4.78, 5) is 15.8. The first-order valence-corrected chi connectivity index (χ1v) is 7.77. The number of benzene rings is 1. The van der Waals surface area contributed by atoms with E-state index in [0.29, 0.717) is 24.3 Å². The second-order valence-corrected chi connectivity index (χ2v) is 6.33. The number of ether oxygens (including phenoxy) is 1. The lowest BCUT2D eigenvalue weighted by molar-refractivity contribution is 0.0635. The van der Waals surface area contributed by atoms with E-state index in [2.05, 4.69) is 15.6 Å². The standard InChI is InChI=1S/C18H22FN3O2/c1-18(2,3)24-17(23)22-16-9-8-14(12-21-16)20-11-10-13-6-4-5-7-15(13)19/h4-9,12,20H,10-11H2,1-3H3,(H,21,22,23). The Balaban J connectivity index is 1.82. The van der Waals surface area contributed by atoms with Gasteiger partial charge in [-0.15, -0.1) is 0 Å². The van der Waals surface area contributed by atoms with E-state index in [4.69, 9.17) is 4.74 Å². The SMILES string of the molecule is CC(C)(C)OC(=O)Nc1ccc(NCCc2ccccc2F)cn1. The summed E-state index contributed by atoms with van der Waals surface area (Å²) in [5.74, 6) is 0.207. The van der Waals surface area contributed by atoms with Crippen LogP contribution in [0.1, 0.15) is 26.3 Å². The molecule has 2 aromatic rings. The molecule has 1 aromatic carbocycles. The van der Waals surface area contributed by atoms with Crippen LogP contribution in [0, 0.1) is 5.82 Å². The van der Waals surface area contributed by atoms with Crippen molar-refractivity contribution in [2.24, 2.45) is 0 Å². The lowest BCUT2D eigenvalue weighted by Crippen LogP contribution is -2.27. The fourth-order valence-corrected chi connectivity index (χ4v) is 2.02. The normalized spacial score (nSPS) is 11.0. The summed E-state index contributed by atoms with van der Waals surface area (Å²) in [6, 6.07) is 10.2. The fourth-order valence-electron chi connectivity index (χ4n) is 2.02. The maximum atomic E-state index is 13.5. The summed E-state index contributed by atoms with van der Waals surface area (Å²) in [7, 11) is 0. The number of halogens is 1. The lowest BCUT2D eigenvalue weighted by atomic mass is 10.1.